The number of thioether (sulfide) groups is 1. The average Bonchev–Trinajstić information content (AvgIpc) is 2.59. The molecule has 0 radical (unpaired) electrons. The zero-order chi connectivity index (χ0) is 18.2. The van der Waals surface area contributed by atoms with Crippen molar-refractivity contribution in [2.24, 2.45) is 0 Å². The lowest BCUT2D eigenvalue weighted by Gasteiger charge is -2.12. The lowest BCUT2D eigenvalue weighted by Crippen LogP contribution is -2.15. The molecule has 2 aromatic rings. The molecular formula is C20H23NO3S. The maximum absolute atomic E-state index is 12.2. The number of rotatable bonds is 7. The largest absolute Gasteiger partial charge is 0.462 e. The minimum atomic E-state index is -0.369. The second-order valence-corrected chi connectivity index (χ2v) is 6.83. The topological polar surface area (TPSA) is 55.4 Å². The minimum Gasteiger partial charge on any atom is -0.462 e. The highest BCUT2D eigenvalue weighted by atomic mass is 32.2. The standard InChI is InChI=1S/C20H23NO3S/c1-4-24-20(23)17-6-5-7-18(15(17)3)21-19(22)12-13-25-16-10-8-14(2)9-11-16/h5-11H,4,12-13H2,1-3H3,(H,21,22). The molecule has 2 aromatic carbocycles. The predicted molar refractivity (Wildman–Crippen MR) is 102 cm³/mol. The maximum Gasteiger partial charge on any atom is 0.338 e. The second-order valence-electron chi connectivity index (χ2n) is 5.66. The Morgan fingerprint density at radius 2 is 1.80 bits per heavy atom. The molecule has 0 saturated carbocycles. The third kappa shape index (κ3) is 5.64. The van der Waals surface area contributed by atoms with Crippen molar-refractivity contribution in [1.29, 1.82) is 0 Å². The van der Waals surface area contributed by atoms with E-state index >= 15 is 0 Å². The van der Waals surface area contributed by atoms with E-state index in [4.69, 9.17) is 4.74 Å². The molecule has 0 fully saturated rings. The molecule has 0 heterocycles. The Morgan fingerprint density at radius 1 is 1.08 bits per heavy atom. The summed E-state index contributed by atoms with van der Waals surface area (Å²) in [6.45, 7) is 5.95. The first-order valence-corrected chi connectivity index (χ1v) is 9.26. The summed E-state index contributed by atoms with van der Waals surface area (Å²) in [7, 11) is 0. The first kappa shape index (κ1) is 19.1. The molecule has 4 nitrogen and oxygen atoms in total. The zero-order valence-corrected chi connectivity index (χ0v) is 15.6. The molecule has 1 N–H and O–H groups in total. The highest BCUT2D eigenvalue weighted by Crippen LogP contribution is 2.22. The molecule has 0 spiro atoms. The van der Waals surface area contributed by atoms with Gasteiger partial charge in [0.25, 0.3) is 0 Å². The highest BCUT2D eigenvalue weighted by molar-refractivity contribution is 7.99. The van der Waals surface area contributed by atoms with Crippen LogP contribution >= 0.6 is 11.8 Å². The van der Waals surface area contributed by atoms with E-state index in [0.717, 1.165) is 10.5 Å². The molecule has 0 aliphatic carbocycles. The van der Waals surface area contributed by atoms with Gasteiger partial charge in [-0.1, -0.05) is 23.8 Å². The number of ether oxygens (including phenoxy) is 1. The van der Waals surface area contributed by atoms with Crippen LogP contribution in [0, 0.1) is 13.8 Å². The van der Waals surface area contributed by atoms with Crippen molar-refractivity contribution >= 4 is 29.3 Å². The summed E-state index contributed by atoms with van der Waals surface area (Å²) in [6.07, 6.45) is 0.404. The normalized spacial score (nSPS) is 10.4. The third-order valence-corrected chi connectivity index (χ3v) is 4.74. The van der Waals surface area contributed by atoms with Gasteiger partial charge in [0.1, 0.15) is 0 Å². The molecule has 0 aliphatic rings. The van der Waals surface area contributed by atoms with Crippen molar-refractivity contribution < 1.29 is 14.3 Å². The number of benzene rings is 2. The van der Waals surface area contributed by atoms with Crippen LogP contribution in [0.1, 0.15) is 34.8 Å². The number of hydrogen-bond acceptors (Lipinski definition) is 4. The molecule has 0 bridgehead atoms. The summed E-state index contributed by atoms with van der Waals surface area (Å²) in [5, 5.41) is 2.88. The van der Waals surface area contributed by atoms with Crippen LogP contribution in [-0.2, 0) is 9.53 Å². The molecule has 0 aromatic heterocycles. The minimum absolute atomic E-state index is 0.0660. The first-order chi connectivity index (χ1) is 12.0. The van der Waals surface area contributed by atoms with Crippen LogP contribution in [0.3, 0.4) is 0 Å². The van der Waals surface area contributed by atoms with Gasteiger partial charge in [-0.15, -0.1) is 11.8 Å². The fourth-order valence-electron chi connectivity index (χ4n) is 2.31. The van der Waals surface area contributed by atoms with Gasteiger partial charge in [-0.25, -0.2) is 4.79 Å². The Morgan fingerprint density at radius 3 is 2.48 bits per heavy atom. The van der Waals surface area contributed by atoms with E-state index in [1.807, 2.05) is 6.92 Å². The summed E-state index contributed by atoms with van der Waals surface area (Å²) >= 11 is 1.65. The number of aryl methyl sites for hydroxylation is 1. The van der Waals surface area contributed by atoms with Gasteiger partial charge in [-0.05, 0) is 50.6 Å². The molecule has 0 saturated heterocycles. The van der Waals surface area contributed by atoms with Gasteiger partial charge in [0.15, 0.2) is 0 Å². The van der Waals surface area contributed by atoms with Crippen LogP contribution in [0.4, 0.5) is 5.69 Å². The molecule has 1 amide bonds. The quantitative estimate of drug-likeness (QED) is 0.581. The number of carbonyl (C=O) groups excluding carboxylic acids is 2. The molecule has 25 heavy (non-hydrogen) atoms. The molecular weight excluding hydrogens is 334 g/mol. The molecule has 5 heteroatoms. The molecule has 0 unspecified atom stereocenters. The van der Waals surface area contributed by atoms with E-state index in [-0.39, 0.29) is 11.9 Å². The number of amides is 1. The fraction of sp³-hybridized carbons (Fsp3) is 0.300. The molecule has 0 aliphatic heterocycles. The Labute approximate surface area is 153 Å². The van der Waals surface area contributed by atoms with Gasteiger partial charge in [-0.3, -0.25) is 4.79 Å². The fourth-order valence-corrected chi connectivity index (χ4v) is 3.16. The Kier molecular flexibility index (Phi) is 7.07. The first-order valence-electron chi connectivity index (χ1n) is 8.27. The molecule has 0 atom stereocenters. The second kappa shape index (κ2) is 9.28. The van der Waals surface area contributed by atoms with Crippen LogP contribution in [0.15, 0.2) is 47.4 Å². The van der Waals surface area contributed by atoms with Crippen molar-refractivity contribution in [2.75, 3.05) is 17.7 Å². The van der Waals surface area contributed by atoms with E-state index < -0.39 is 0 Å². The Balaban J connectivity index is 1.90. The van der Waals surface area contributed by atoms with Crippen LogP contribution in [0.25, 0.3) is 0 Å². The number of carbonyl (C=O) groups is 2. The predicted octanol–water partition coefficient (Wildman–Crippen LogP) is 4.60. The summed E-state index contributed by atoms with van der Waals surface area (Å²) in [6, 6.07) is 13.5. The number of hydrogen-bond donors (Lipinski definition) is 1. The van der Waals surface area contributed by atoms with Gasteiger partial charge in [0.2, 0.25) is 5.91 Å². The smallest absolute Gasteiger partial charge is 0.338 e. The lowest BCUT2D eigenvalue weighted by molar-refractivity contribution is -0.115. The summed E-state index contributed by atoms with van der Waals surface area (Å²) in [5.74, 6) is 0.264. The van der Waals surface area contributed by atoms with Crippen molar-refractivity contribution in [2.45, 2.75) is 32.1 Å². The maximum atomic E-state index is 12.2. The SMILES string of the molecule is CCOC(=O)c1cccc(NC(=O)CCSc2ccc(C)cc2)c1C. The van der Waals surface area contributed by atoms with Crippen molar-refractivity contribution in [1.82, 2.24) is 0 Å². The van der Waals surface area contributed by atoms with Gasteiger partial charge < -0.3 is 10.1 Å². The number of nitrogens with one attached hydrogen (secondary N) is 1. The summed E-state index contributed by atoms with van der Waals surface area (Å²) in [4.78, 5) is 25.2. The monoisotopic (exact) mass is 357 g/mol. The van der Waals surface area contributed by atoms with Crippen LogP contribution in [0.5, 0.6) is 0 Å². The van der Waals surface area contributed by atoms with Gasteiger partial charge >= 0.3 is 5.97 Å². The third-order valence-electron chi connectivity index (χ3n) is 3.72. The van der Waals surface area contributed by atoms with Crippen LogP contribution in [-0.4, -0.2) is 24.2 Å². The van der Waals surface area contributed by atoms with E-state index in [1.54, 1.807) is 36.9 Å². The van der Waals surface area contributed by atoms with Crippen LogP contribution in [0.2, 0.25) is 0 Å². The molecule has 132 valence electrons. The summed E-state index contributed by atoms with van der Waals surface area (Å²) in [5.41, 5.74) is 3.07. The van der Waals surface area contributed by atoms with Crippen molar-refractivity contribution in [3.05, 3.63) is 59.2 Å². The summed E-state index contributed by atoms with van der Waals surface area (Å²) < 4.78 is 5.04. The Hall–Kier alpha value is -2.27. The van der Waals surface area contributed by atoms with E-state index in [1.165, 1.54) is 5.56 Å². The van der Waals surface area contributed by atoms with E-state index in [2.05, 4.69) is 36.5 Å². The van der Waals surface area contributed by atoms with Crippen molar-refractivity contribution in [3.8, 4) is 0 Å². The van der Waals surface area contributed by atoms with E-state index in [0.29, 0.717) is 30.0 Å². The van der Waals surface area contributed by atoms with Crippen molar-refractivity contribution in [3.63, 3.8) is 0 Å². The lowest BCUT2D eigenvalue weighted by atomic mass is 10.1. The van der Waals surface area contributed by atoms with Gasteiger partial charge in [0, 0.05) is 22.8 Å². The Bertz CT molecular complexity index is 741. The van der Waals surface area contributed by atoms with Crippen LogP contribution < -0.4 is 5.32 Å². The number of esters is 1. The van der Waals surface area contributed by atoms with Gasteiger partial charge in [0.05, 0.1) is 12.2 Å². The van der Waals surface area contributed by atoms with Gasteiger partial charge in [-0.2, -0.15) is 0 Å². The number of anilines is 1. The average molecular weight is 357 g/mol. The molecule has 2 rings (SSSR count). The highest BCUT2D eigenvalue weighted by Gasteiger charge is 2.13. The zero-order valence-electron chi connectivity index (χ0n) is 14.8. The van der Waals surface area contributed by atoms with E-state index in [9.17, 15) is 9.59 Å².